The van der Waals surface area contributed by atoms with Crippen molar-refractivity contribution in [1.29, 1.82) is 0 Å². The van der Waals surface area contributed by atoms with Crippen LogP contribution in [0.3, 0.4) is 0 Å². The third-order valence-corrected chi connectivity index (χ3v) is 5.39. The second-order valence-corrected chi connectivity index (χ2v) is 7.81. The molecule has 5 nitrogen and oxygen atoms in total. The van der Waals surface area contributed by atoms with Crippen LogP contribution < -0.4 is 10.0 Å². The summed E-state index contributed by atoms with van der Waals surface area (Å²) in [6, 6.07) is 13.8. The molecule has 3 aromatic rings. The van der Waals surface area contributed by atoms with Crippen LogP contribution in [0.5, 0.6) is 0 Å². The van der Waals surface area contributed by atoms with Gasteiger partial charge in [0.2, 0.25) is 0 Å². The summed E-state index contributed by atoms with van der Waals surface area (Å²) in [5.74, 6) is -1.62. The number of carbonyl (C=O) groups is 1. The van der Waals surface area contributed by atoms with Crippen molar-refractivity contribution >= 4 is 38.9 Å². The van der Waals surface area contributed by atoms with Crippen molar-refractivity contribution in [3.8, 4) is 0 Å². The zero-order chi connectivity index (χ0) is 20.3. The van der Waals surface area contributed by atoms with E-state index in [4.69, 9.17) is 11.6 Å². The van der Waals surface area contributed by atoms with E-state index in [1.807, 2.05) is 0 Å². The molecule has 0 bridgehead atoms. The minimum atomic E-state index is -3.89. The van der Waals surface area contributed by atoms with Gasteiger partial charge in [0.1, 0.15) is 11.6 Å². The summed E-state index contributed by atoms with van der Waals surface area (Å²) in [6.45, 7) is 0. The van der Waals surface area contributed by atoms with Gasteiger partial charge in [-0.05, 0) is 66.7 Å². The summed E-state index contributed by atoms with van der Waals surface area (Å²) in [5.41, 5.74) is 0.799. The number of amides is 1. The molecule has 3 rings (SSSR count). The highest BCUT2D eigenvalue weighted by Gasteiger charge is 2.15. The molecule has 0 unspecified atom stereocenters. The molecule has 3 aromatic carbocycles. The highest BCUT2D eigenvalue weighted by atomic mass is 35.5. The van der Waals surface area contributed by atoms with Gasteiger partial charge in [-0.3, -0.25) is 9.52 Å². The van der Waals surface area contributed by atoms with Gasteiger partial charge < -0.3 is 5.32 Å². The van der Waals surface area contributed by atoms with Crippen LogP contribution in [-0.2, 0) is 10.0 Å². The van der Waals surface area contributed by atoms with Crippen LogP contribution in [0.2, 0.25) is 5.02 Å². The number of benzene rings is 3. The molecule has 0 radical (unpaired) electrons. The first-order chi connectivity index (χ1) is 13.2. The molecule has 0 atom stereocenters. The SMILES string of the molecule is O=C(Nc1ccc(F)c(Cl)c1)c1ccc(NS(=O)(=O)c2ccc(F)cc2)cc1. The summed E-state index contributed by atoms with van der Waals surface area (Å²) in [5, 5.41) is 2.44. The number of hydrogen-bond donors (Lipinski definition) is 2. The number of sulfonamides is 1. The molecule has 0 spiro atoms. The van der Waals surface area contributed by atoms with Crippen LogP contribution >= 0.6 is 11.6 Å². The fourth-order valence-corrected chi connectivity index (χ4v) is 3.53. The van der Waals surface area contributed by atoms with Gasteiger partial charge in [0.15, 0.2) is 0 Å². The largest absolute Gasteiger partial charge is 0.322 e. The molecule has 0 aliphatic heterocycles. The van der Waals surface area contributed by atoms with Crippen molar-refractivity contribution in [2.45, 2.75) is 4.90 Å². The average Bonchev–Trinajstić information content (AvgIpc) is 2.65. The third-order valence-electron chi connectivity index (χ3n) is 3.70. The predicted octanol–water partition coefficient (Wildman–Crippen LogP) is 4.67. The van der Waals surface area contributed by atoms with Crippen LogP contribution in [-0.4, -0.2) is 14.3 Å². The van der Waals surface area contributed by atoms with Crippen molar-refractivity contribution in [1.82, 2.24) is 0 Å². The summed E-state index contributed by atoms with van der Waals surface area (Å²) in [4.78, 5) is 12.1. The number of carbonyl (C=O) groups excluding carboxylic acids is 1. The number of hydrogen-bond acceptors (Lipinski definition) is 3. The topological polar surface area (TPSA) is 75.3 Å². The molecule has 0 aliphatic rings. The van der Waals surface area contributed by atoms with E-state index >= 15 is 0 Å². The highest BCUT2D eigenvalue weighted by molar-refractivity contribution is 7.92. The zero-order valence-electron chi connectivity index (χ0n) is 14.1. The lowest BCUT2D eigenvalue weighted by atomic mass is 10.2. The van der Waals surface area contributed by atoms with E-state index in [1.54, 1.807) is 0 Å². The molecule has 0 saturated heterocycles. The minimum absolute atomic E-state index is 0.0936. The first-order valence-corrected chi connectivity index (χ1v) is 9.75. The Morgan fingerprint density at radius 3 is 2.07 bits per heavy atom. The summed E-state index contributed by atoms with van der Waals surface area (Å²) < 4.78 is 53.0. The Bertz CT molecular complexity index is 1120. The third kappa shape index (κ3) is 4.65. The molecule has 0 aliphatic carbocycles. The quantitative estimate of drug-likeness (QED) is 0.627. The molecular formula is C19H13ClF2N2O3S. The lowest BCUT2D eigenvalue weighted by molar-refractivity contribution is 0.102. The Morgan fingerprint density at radius 1 is 0.857 bits per heavy atom. The molecule has 0 heterocycles. The summed E-state index contributed by atoms with van der Waals surface area (Å²) in [7, 11) is -3.89. The van der Waals surface area contributed by atoms with Gasteiger partial charge in [0.25, 0.3) is 15.9 Å². The van der Waals surface area contributed by atoms with E-state index in [0.717, 1.165) is 30.3 Å². The molecule has 2 N–H and O–H groups in total. The van der Waals surface area contributed by atoms with Crippen LogP contribution in [0.1, 0.15) is 10.4 Å². The van der Waals surface area contributed by atoms with Gasteiger partial charge in [-0.1, -0.05) is 11.6 Å². The Kier molecular flexibility index (Phi) is 5.62. The lowest BCUT2D eigenvalue weighted by Gasteiger charge is -2.09. The fourth-order valence-electron chi connectivity index (χ4n) is 2.29. The fraction of sp³-hybridized carbons (Fsp3) is 0. The maximum absolute atomic E-state index is 13.2. The predicted molar refractivity (Wildman–Crippen MR) is 103 cm³/mol. The van der Waals surface area contributed by atoms with Gasteiger partial charge >= 0.3 is 0 Å². The number of rotatable bonds is 5. The van der Waals surface area contributed by atoms with Crippen LogP contribution in [0, 0.1) is 11.6 Å². The van der Waals surface area contributed by atoms with E-state index in [-0.39, 0.29) is 21.2 Å². The Hall–Kier alpha value is -2.97. The van der Waals surface area contributed by atoms with Crippen molar-refractivity contribution in [2.75, 3.05) is 10.0 Å². The summed E-state index contributed by atoms with van der Waals surface area (Å²) >= 11 is 5.67. The lowest BCUT2D eigenvalue weighted by Crippen LogP contribution is -2.14. The number of anilines is 2. The van der Waals surface area contributed by atoms with Gasteiger partial charge in [-0.15, -0.1) is 0 Å². The molecule has 28 heavy (non-hydrogen) atoms. The van der Waals surface area contributed by atoms with Crippen LogP contribution in [0.25, 0.3) is 0 Å². The van der Waals surface area contributed by atoms with Crippen molar-refractivity contribution in [3.05, 3.63) is 89.0 Å². The first kappa shape index (κ1) is 19.8. The van der Waals surface area contributed by atoms with Gasteiger partial charge in [-0.25, -0.2) is 17.2 Å². The van der Waals surface area contributed by atoms with E-state index in [0.29, 0.717) is 5.69 Å². The van der Waals surface area contributed by atoms with Crippen molar-refractivity contribution in [2.24, 2.45) is 0 Å². The van der Waals surface area contributed by atoms with Crippen molar-refractivity contribution < 1.29 is 22.0 Å². The summed E-state index contributed by atoms with van der Waals surface area (Å²) in [6.07, 6.45) is 0. The minimum Gasteiger partial charge on any atom is -0.322 e. The maximum Gasteiger partial charge on any atom is 0.261 e. The Morgan fingerprint density at radius 2 is 1.46 bits per heavy atom. The molecule has 1 amide bonds. The van der Waals surface area contributed by atoms with E-state index in [9.17, 15) is 22.0 Å². The van der Waals surface area contributed by atoms with Crippen LogP contribution in [0.15, 0.2) is 71.6 Å². The molecular weight excluding hydrogens is 410 g/mol. The molecule has 0 saturated carbocycles. The Balaban J connectivity index is 1.71. The van der Waals surface area contributed by atoms with Gasteiger partial charge in [0, 0.05) is 16.9 Å². The van der Waals surface area contributed by atoms with Gasteiger partial charge in [-0.2, -0.15) is 0 Å². The van der Waals surface area contributed by atoms with E-state index in [2.05, 4.69) is 10.0 Å². The normalized spacial score (nSPS) is 11.1. The number of halogens is 3. The van der Waals surface area contributed by atoms with Crippen LogP contribution in [0.4, 0.5) is 20.2 Å². The highest BCUT2D eigenvalue weighted by Crippen LogP contribution is 2.21. The second kappa shape index (κ2) is 7.95. The second-order valence-electron chi connectivity index (χ2n) is 5.72. The monoisotopic (exact) mass is 422 g/mol. The molecule has 0 aromatic heterocycles. The van der Waals surface area contributed by atoms with Gasteiger partial charge in [0.05, 0.1) is 9.92 Å². The molecule has 0 fully saturated rings. The smallest absolute Gasteiger partial charge is 0.261 e. The Labute approximate surface area is 165 Å². The first-order valence-electron chi connectivity index (χ1n) is 7.89. The molecule has 144 valence electrons. The zero-order valence-corrected chi connectivity index (χ0v) is 15.7. The number of nitrogens with one attached hydrogen (secondary N) is 2. The van der Waals surface area contributed by atoms with E-state index < -0.39 is 27.6 Å². The average molecular weight is 423 g/mol. The molecule has 9 heteroatoms. The standard InChI is InChI=1S/C19H13ClF2N2O3S/c20-17-11-15(7-10-18(17)22)23-19(25)12-1-5-14(6-2-12)24-28(26,27)16-8-3-13(21)4-9-16/h1-11,24H,(H,23,25). The van der Waals surface area contributed by atoms with Crippen molar-refractivity contribution in [3.63, 3.8) is 0 Å². The van der Waals surface area contributed by atoms with E-state index in [1.165, 1.54) is 36.4 Å². The maximum atomic E-state index is 13.2.